The van der Waals surface area contributed by atoms with Gasteiger partial charge in [-0.25, -0.2) is 9.97 Å². The Kier molecular flexibility index (Phi) is 6.48. The smallest absolute Gasteiger partial charge is 0.243 e. The quantitative estimate of drug-likeness (QED) is 0.705. The summed E-state index contributed by atoms with van der Waals surface area (Å²) in [6.45, 7) is 0.814. The number of hydrogen-bond donors (Lipinski definition) is 2. The molecular weight excluding hydrogens is 439 g/mol. The SMILES string of the molecule is CN(c1ncnc2c1CCC(=O)N2)[C@@H]1CCCCN1C(=O)CNc1cc(Cl)cc(Cl)c1. The van der Waals surface area contributed by atoms with Crippen LogP contribution in [0.3, 0.4) is 0 Å². The van der Waals surface area contributed by atoms with Gasteiger partial charge in [-0.2, -0.15) is 0 Å². The summed E-state index contributed by atoms with van der Waals surface area (Å²) in [5.74, 6) is 1.26. The third-order valence-electron chi connectivity index (χ3n) is 5.66. The molecule has 0 radical (unpaired) electrons. The summed E-state index contributed by atoms with van der Waals surface area (Å²) >= 11 is 12.1. The summed E-state index contributed by atoms with van der Waals surface area (Å²) in [5, 5.41) is 6.96. The lowest BCUT2D eigenvalue weighted by atomic mass is 10.0. The van der Waals surface area contributed by atoms with E-state index in [-0.39, 0.29) is 24.5 Å². The third kappa shape index (κ3) is 4.85. The van der Waals surface area contributed by atoms with Crippen LogP contribution in [0.5, 0.6) is 0 Å². The molecule has 1 fully saturated rings. The fraction of sp³-hybridized carbons (Fsp3) is 0.429. The first-order valence-electron chi connectivity index (χ1n) is 10.3. The summed E-state index contributed by atoms with van der Waals surface area (Å²) in [7, 11) is 1.94. The molecule has 3 heterocycles. The van der Waals surface area contributed by atoms with E-state index < -0.39 is 0 Å². The van der Waals surface area contributed by atoms with Crippen LogP contribution in [0.15, 0.2) is 24.5 Å². The lowest BCUT2D eigenvalue weighted by molar-refractivity contribution is -0.132. The highest BCUT2D eigenvalue weighted by atomic mass is 35.5. The number of carbonyl (C=O) groups is 2. The number of hydrogen-bond acceptors (Lipinski definition) is 6. The highest BCUT2D eigenvalue weighted by molar-refractivity contribution is 6.35. The Morgan fingerprint density at radius 3 is 2.77 bits per heavy atom. The molecule has 2 N–H and O–H groups in total. The molecule has 2 amide bonds. The van der Waals surface area contributed by atoms with Gasteiger partial charge in [0.25, 0.3) is 0 Å². The minimum Gasteiger partial charge on any atom is -0.376 e. The van der Waals surface area contributed by atoms with E-state index in [9.17, 15) is 9.59 Å². The number of aromatic nitrogens is 2. The molecule has 0 bridgehead atoms. The second-order valence-corrected chi connectivity index (χ2v) is 8.63. The summed E-state index contributed by atoms with van der Waals surface area (Å²) in [6, 6.07) is 5.13. The minimum absolute atomic E-state index is 0.0103. The van der Waals surface area contributed by atoms with Gasteiger partial charge in [0.15, 0.2) is 0 Å². The second kappa shape index (κ2) is 9.28. The predicted octanol–water partition coefficient (Wildman–Crippen LogP) is 3.56. The van der Waals surface area contributed by atoms with Crippen LogP contribution >= 0.6 is 23.2 Å². The second-order valence-electron chi connectivity index (χ2n) is 7.76. The van der Waals surface area contributed by atoms with E-state index in [0.717, 1.165) is 30.6 Å². The first kappa shape index (κ1) is 21.6. The molecule has 1 saturated heterocycles. The van der Waals surface area contributed by atoms with E-state index in [2.05, 4.69) is 20.6 Å². The molecular formula is C21H24Cl2N6O2. The van der Waals surface area contributed by atoms with Crippen molar-refractivity contribution in [1.82, 2.24) is 14.9 Å². The number of carbonyl (C=O) groups excluding carboxylic acids is 2. The van der Waals surface area contributed by atoms with Crippen molar-refractivity contribution in [3.8, 4) is 0 Å². The molecule has 1 atom stereocenters. The molecule has 0 aliphatic carbocycles. The van der Waals surface area contributed by atoms with Crippen LogP contribution < -0.4 is 15.5 Å². The maximum Gasteiger partial charge on any atom is 0.243 e. The fourth-order valence-electron chi connectivity index (χ4n) is 4.16. The van der Waals surface area contributed by atoms with Crippen LogP contribution in [-0.2, 0) is 16.0 Å². The average molecular weight is 463 g/mol. The van der Waals surface area contributed by atoms with Gasteiger partial charge in [0.05, 0.1) is 6.54 Å². The molecule has 8 nitrogen and oxygen atoms in total. The molecule has 164 valence electrons. The van der Waals surface area contributed by atoms with Gasteiger partial charge in [0.1, 0.15) is 24.1 Å². The van der Waals surface area contributed by atoms with Crippen LogP contribution in [0.2, 0.25) is 10.0 Å². The Balaban J connectivity index is 1.50. The first-order chi connectivity index (χ1) is 14.9. The number of fused-ring (bicyclic) bond motifs is 1. The third-order valence-corrected chi connectivity index (χ3v) is 6.10. The lowest BCUT2D eigenvalue weighted by Crippen LogP contribution is -2.54. The Bertz CT molecular complexity index is 982. The van der Waals surface area contributed by atoms with Crippen LogP contribution in [0, 0.1) is 0 Å². The standard InChI is InChI=1S/C21H24Cl2N6O2/c1-28(21-16-5-6-17(30)27-20(16)25-12-26-21)18-4-2-3-7-29(18)19(31)11-24-15-9-13(22)8-14(23)10-15/h8-10,12,18,24H,2-7,11H2,1H3,(H,25,26,27,30)/t18-/m0/s1. The fourth-order valence-corrected chi connectivity index (χ4v) is 4.69. The largest absolute Gasteiger partial charge is 0.376 e. The number of halogens is 2. The topological polar surface area (TPSA) is 90.5 Å². The van der Waals surface area contributed by atoms with E-state index in [4.69, 9.17) is 23.2 Å². The van der Waals surface area contributed by atoms with Crippen molar-refractivity contribution < 1.29 is 9.59 Å². The van der Waals surface area contributed by atoms with Crippen LogP contribution in [0.25, 0.3) is 0 Å². The number of amides is 2. The van der Waals surface area contributed by atoms with Crippen LogP contribution in [0.4, 0.5) is 17.3 Å². The highest BCUT2D eigenvalue weighted by Crippen LogP contribution is 2.31. The zero-order valence-electron chi connectivity index (χ0n) is 17.2. The van der Waals surface area contributed by atoms with E-state index in [1.807, 2.05) is 16.8 Å². The van der Waals surface area contributed by atoms with Crippen molar-refractivity contribution in [1.29, 1.82) is 0 Å². The van der Waals surface area contributed by atoms with E-state index in [1.54, 1.807) is 18.2 Å². The molecule has 1 aromatic heterocycles. The van der Waals surface area contributed by atoms with Gasteiger partial charge in [-0.05, 0) is 43.9 Å². The molecule has 0 unspecified atom stereocenters. The molecule has 2 aliphatic heterocycles. The molecule has 0 spiro atoms. The summed E-state index contributed by atoms with van der Waals surface area (Å²) < 4.78 is 0. The van der Waals surface area contributed by atoms with Gasteiger partial charge >= 0.3 is 0 Å². The van der Waals surface area contributed by atoms with Gasteiger partial charge in [-0.3, -0.25) is 9.59 Å². The van der Waals surface area contributed by atoms with Crippen molar-refractivity contribution in [2.75, 3.05) is 35.7 Å². The van der Waals surface area contributed by atoms with Crippen molar-refractivity contribution in [3.63, 3.8) is 0 Å². The van der Waals surface area contributed by atoms with Gasteiger partial charge in [0, 0.05) is 41.3 Å². The summed E-state index contributed by atoms with van der Waals surface area (Å²) in [6.07, 6.45) is 5.14. The van der Waals surface area contributed by atoms with Crippen molar-refractivity contribution in [2.45, 2.75) is 38.3 Å². The van der Waals surface area contributed by atoms with Gasteiger partial charge in [-0.15, -0.1) is 0 Å². The summed E-state index contributed by atoms with van der Waals surface area (Å²) in [4.78, 5) is 37.4. The van der Waals surface area contributed by atoms with Crippen molar-refractivity contribution in [3.05, 3.63) is 40.1 Å². The minimum atomic E-state index is -0.123. The average Bonchev–Trinajstić information content (AvgIpc) is 2.75. The molecule has 10 heteroatoms. The van der Waals surface area contributed by atoms with Gasteiger partial charge in [-0.1, -0.05) is 23.2 Å². The maximum absolute atomic E-state index is 13.1. The molecule has 0 saturated carbocycles. The van der Waals surface area contributed by atoms with Gasteiger partial charge in [0.2, 0.25) is 11.8 Å². The Hall–Kier alpha value is -2.58. The highest BCUT2D eigenvalue weighted by Gasteiger charge is 2.32. The number of likely N-dealkylation sites (tertiary alicyclic amines) is 1. The predicted molar refractivity (Wildman–Crippen MR) is 122 cm³/mol. The number of nitrogens with zero attached hydrogens (tertiary/aromatic N) is 4. The molecule has 2 aromatic rings. The Labute approximate surface area is 190 Å². The van der Waals surface area contributed by atoms with E-state index in [1.165, 1.54) is 6.33 Å². The number of piperidine rings is 1. The number of nitrogens with one attached hydrogen (secondary N) is 2. The zero-order chi connectivity index (χ0) is 22.0. The van der Waals surface area contributed by atoms with Crippen LogP contribution in [-0.4, -0.2) is 53.0 Å². The molecule has 1 aromatic carbocycles. The monoisotopic (exact) mass is 462 g/mol. The lowest BCUT2D eigenvalue weighted by Gasteiger charge is -2.42. The zero-order valence-corrected chi connectivity index (χ0v) is 18.7. The summed E-state index contributed by atoms with van der Waals surface area (Å²) in [5.41, 5.74) is 1.61. The van der Waals surface area contributed by atoms with Crippen molar-refractivity contribution >= 4 is 52.3 Å². The number of benzene rings is 1. The van der Waals surface area contributed by atoms with Crippen LogP contribution in [0.1, 0.15) is 31.2 Å². The first-order valence-corrected chi connectivity index (χ1v) is 11.0. The number of anilines is 3. The maximum atomic E-state index is 13.1. The Morgan fingerprint density at radius 1 is 1.23 bits per heavy atom. The van der Waals surface area contributed by atoms with E-state index in [0.29, 0.717) is 40.9 Å². The van der Waals surface area contributed by atoms with Gasteiger partial charge < -0.3 is 20.4 Å². The Morgan fingerprint density at radius 2 is 2.00 bits per heavy atom. The number of rotatable bonds is 5. The molecule has 4 rings (SSSR count). The van der Waals surface area contributed by atoms with E-state index >= 15 is 0 Å². The normalized spacial score (nSPS) is 18.2. The molecule has 31 heavy (non-hydrogen) atoms. The molecule has 2 aliphatic rings. The van der Waals surface area contributed by atoms with Crippen molar-refractivity contribution in [2.24, 2.45) is 0 Å².